The number of hydrogen-bond donors (Lipinski definition) is 0. The number of rotatable bonds is 3. The lowest BCUT2D eigenvalue weighted by Crippen LogP contribution is -2.44. The van der Waals surface area contributed by atoms with Crippen LogP contribution in [0.15, 0.2) is 24.3 Å². The largest absolute Gasteiger partial charge is 0.377 e. The van der Waals surface area contributed by atoms with Crippen LogP contribution < -0.4 is 0 Å². The van der Waals surface area contributed by atoms with Gasteiger partial charge < -0.3 is 9.64 Å². The number of amides is 1. The van der Waals surface area contributed by atoms with E-state index in [4.69, 9.17) is 4.74 Å². The van der Waals surface area contributed by atoms with E-state index in [2.05, 4.69) is 5.10 Å². The molecule has 1 aliphatic heterocycles. The normalized spacial score (nSPS) is 18.0. The molecule has 1 atom stereocenters. The van der Waals surface area contributed by atoms with Gasteiger partial charge in [-0.25, -0.2) is 4.39 Å². The van der Waals surface area contributed by atoms with Gasteiger partial charge in [-0.05, 0) is 31.5 Å². The van der Waals surface area contributed by atoms with E-state index in [0.29, 0.717) is 25.3 Å². The minimum Gasteiger partial charge on any atom is -0.377 e. The third kappa shape index (κ3) is 3.19. The Morgan fingerprint density at radius 3 is 2.88 bits per heavy atom. The Labute approximate surface area is 141 Å². The van der Waals surface area contributed by atoms with E-state index < -0.39 is 0 Å². The Balaban J connectivity index is 1.85. The van der Waals surface area contributed by atoms with Crippen LogP contribution in [0.2, 0.25) is 0 Å². The van der Waals surface area contributed by atoms with Gasteiger partial charge in [-0.3, -0.25) is 9.48 Å². The van der Waals surface area contributed by atoms with E-state index in [9.17, 15) is 9.18 Å². The van der Waals surface area contributed by atoms with Crippen LogP contribution in [0, 0.1) is 19.7 Å². The summed E-state index contributed by atoms with van der Waals surface area (Å²) in [6, 6.07) is 6.05. The van der Waals surface area contributed by atoms with Gasteiger partial charge in [-0.15, -0.1) is 0 Å². The van der Waals surface area contributed by atoms with Crippen LogP contribution in [0.4, 0.5) is 4.39 Å². The highest BCUT2D eigenvalue weighted by Gasteiger charge is 2.32. The molecular formula is C18H22FN3O2. The Morgan fingerprint density at radius 1 is 1.42 bits per heavy atom. The van der Waals surface area contributed by atoms with Crippen molar-refractivity contribution in [3.63, 3.8) is 0 Å². The molecule has 1 aromatic carbocycles. The summed E-state index contributed by atoms with van der Waals surface area (Å²) in [6.45, 7) is 5.46. The minimum absolute atomic E-state index is 0.0171. The summed E-state index contributed by atoms with van der Waals surface area (Å²) in [5, 5.41) is 4.45. The van der Waals surface area contributed by atoms with Crippen molar-refractivity contribution in [2.75, 3.05) is 19.8 Å². The standard InChI is InChI=1S/C18H22FN3O2/c1-12-18(13(2)21(3)20-12)16-11-24-8-7-22(16)17(23)10-14-5-4-6-15(19)9-14/h4-6,9,16H,7-8,10-11H2,1-3H3/t16-/m0/s1. The number of hydrogen-bond acceptors (Lipinski definition) is 3. The number of halogens is 1. The van der Waals surface area contributed by atoms with Crippen molar-refractivity contribution in [3.05, 3.63) is 52.6 Å². The molecule has 24 heavy (non-hydrogen) atoms. The van der Waals surface area contributed by atoms with E-state index in [1.807, 2.05) is 30.5 Å². The Morgan fingerprint density at radius 2 is 2.21 bits per heavy atom. The Bertz CT molecular complexity index is 757. The van der Waals surface area contributed by atoms with Gasteiger partial charge >= 0.3 is 0 Å². The lowest BCUT2D eigenvalue weighted by molar-refractivity contribution is -0.139. The molecule has 128 valence electrons. The number of aromatic nitrogens is 2. The van der Waals surface area contributed by atoms with Gasteiger partial charge in [0, 0.05) is 24.8 Å². The monoisotopic (exact) mass is 331 g/mol. The highest BCUT2D eigenvalue weighted by molar-refractivity contribution is 5.79. The maximum absolute atomic E-state index is 13.4. The zero-order valence-electron chi connectivity index (χ0n) is 14.3. The molecule has 0 spiro atoms. The van der Waals surface area contributed by atoms with Crippen LogP contribution in [-0.2, 0) is 23.0 Å². The minimum atomic E-state index is -0.322. The first-order chi connectivity index (χ1) is 11.5. The van der Waals surface area contributed by atoms with Crippen molar-refractivity contribution >= 4 is 5.91 Å². The molecule has 0 bridgehead atoms. The van der Waals surface area contributed by atoms with Crippen molar-refractivity contribution in [1.29, 1.82) is 0 Å². The molecule has 1 aliphatic rings. The van der Waals surface area contributed by atoms with Gasteiger partial charge in [0.2, 0.25) is 5.91 Å². The number of aryl methyl sites for hydroxylation is 2. The van der Waals surface area contributed by atoms with Gasteiger partial charge in [0.15, 0.2) is 0 Å². The van der Waals surface area contributed by atoms with E-state index in [0.717, 1.165) is 17.0 Å². The zero-order chi connectivity index (χ0) is 17.3. The van der Waals surface area contributed by atoms with E-state index in [1.54, 1.807) is 12.1 Å². The average Bonchev–Trinajstić information content (AvgIpc) is 2.80. The topological polar surface area (TPSA) is 47.4 Å². The Hall–Kier alpha value is -2.21. The van der Waals surface area contributed by atoms with Crippen LogP contribution in [0.25, 0.3) is 0 Å². The number of carbonyl (C=O) groups is 1. The van der Waals surface area contributed by atoms with Crippen molar-refractivity contribution in [2.45, 2.75) is 26.3 Å². The first-order valence-corrected chi connectivity index (χ1v) is 8.09. The molecule has 3 rings (SSSR count). The van der Waals surface area contributed by atoms with Gasteiger partial charge in [0.25, 0.3) is 0 Å². The van der Waals surface area contributed by atoms with Gasteiger partial charge in [0.1, 0.15) is 5.82 Å². The highest BCUT2D eigenvalue weighted by atomic mass is 19.1. The molecule has 0 N–H and O–H groups in total. The molecule has 1 saturated heterocycles. The van der Waals surface area contributed by atoms with Crippen molar-refractivity contribution in [2.24, 2.45) is 7.05 Å². The molecule has 1 fully saturated rings. The summed E-state index contributed by atoms with van der Waals surface area (Å²) < 4.78 is 20.8. The maximum atomic E-state index is 13.4. The summed E-state index contributed by atoms with van der Waals surface area (Å²) >= 11 is 0. The molecule has 0 aliphatic carbocycles. The molecule has 5 nitrogen and oxygen atoms in total. The highest BCUT2D eigenvalue weighted by Crippen LogP contribution is 2.29. The second-order valence-corrected chi connectivity index (χ2v) is 6.19. The Kier molecular flexibility index (Phi) is 4.66. The molecular weight excluding hydrogens is 309 g/mol. The lowest BCUT2D eigenvalue weighted by Gasteiger charge is -2.36. The molecule has 2 aromatic rings. The molecule has 6 heteroatoms. The summed E-state index contributed by atoms with van der Waals surface area (Å²) in [5.74, 6) is -0.339. The first kappa shape index (κ1) is 16.6. The van der Waals surface area contributed by atoms with Gasteiger partial charge in [-0.2, -0.15) is 5.10 Å². The second-order valence-electron chi connectivity index (χ2n) is 6.19. The fourth-order valence-electron chi connectivity index (χ4n) is 3.34. The molecule has 1 amide bonds. The molecule has 1 aromatic heterocycles. The third-order valence-electron chi connectivity index (χ3n) is 4.59. The molecule has 0 saturated carbocycles. The predicted octanol–water partition coefficient (Wildman–Crippen LogP) is 2.32. The van der Waals surface area contributed by atoms with Gasteiger partial charge in [-0.1, -0.05) is 12.1 Å². The van der Waals surface area contributed by atoms with E-state index in [-0.39, 0.29) is 24.2 Å². The van der Waals surface area contributed by atoms with Gasteiger partial charge in [0.05, 0.1) is 31.4 Å². The van der Waals surface area contributed by atoms with Crippen molar-refractivity contribution < 1.29 is 13.9 Å². The third-order valence-corrected chi connectivity index (χ3v) is 4.59. The summed E-state index contributed by atoms with van der Waals surface area (Å²) in [4.78, 5) is 14.7. The number of carbonyl (C=O) groups excluding carboxylic acids is 1. The quantitative estimate of drug-likeness (QED) is 0.867. The smallest absolute Gasteiger partial charge is 0.227 e. The van der Waals surface area contributed by atoms with Crippen LogP contribution in [0.1, 0.15) is 28.6 Å². The first-order valence-electron chi connectivity index (χ1n) is 8.09. The number of morpholine rings is 1. The molecule has 0 radical (unpaired) electrons. The second kappa shape index (κ2) is 6.73. The number of nitrogens with zero attached hydrogens (tertiary/aromatic N) is 3. The number of ether oxygens (including phenoxy) is 1. The van der Waals surface area contributed by atoms with Crippen LogP contribution in [0.5, 0.6) is 0 Å². The van der Waals surface area contributed by atoms with Crippen LogP contribution >= 0.6 is 0 Å². The fraction of sp³-hybridized carbons (Fsp3) is 0.444. The zero-order valence-corrected chi connectivity index (χ0v) is 14.3. The van der Waals surface area contributed by atoms with Crippen LogP contribution in [0.3, 0.4) is 0 Å². The van der Waals surface area contributed by atoms with Crippen LogP contribution in [-0.4, -0.2) is 40.3 Å². The summed E-state index contributed by atoms with van der Waals surface area (Å²) in [7, 11) is 1.90. The summed E-state index contributed by atoms with van der Waals surface area (Å²) in [6.07, 6.45) is 0.187. The summed E-state index contributed by atoms with van der Waals surface area (Å²) in [5.41, 5.74) is 3.68. The number of benzene rings is 1. The van der Waals surface area contributed by atoms with Crippen molar-refractivity contribution in [3.8, 4) is 0 Å². The molecule has 0 unspecified atom stereocenters. The fourth-order valence-corrected chi connectivity index (χ4v) is 3.34. The molecule has 2 heterocycles. The SMILES string of the molecule is Cc1nn(C)c(C)c1[C@@H]1COCCN1C(=O)Cc1cccc(F)c1. The van der Waals surface area contributed by atoms with E-state index in [1.165, 1.54) is 12.1 Å². The van der Waals surface area contributed by atoms with E-state index >= 15 is 0 Å². The maximum Gasteiger partial charge on any atom is 0.227 e. The lowest BCUT2D eigenvalue weighted by atomic mass is 10.0. The predicted molar refractivity (Wildman–Crippen MR) is 88.1 cm³/mol. The average molecular weight is 331 g/mol. The van der Waals surface area contributed by atoms with Crippen molar-refractivity contribution in [1.82, 2.24) is 14.7 Å².